The molecule has 0 unspecified atom stereocenters. The first-order valence-corrected chi connectivity index (χ1v) is 4.67. The monoisotopic (exact) mass is 240 g/mol. The highest BCUT2D eigenvalue weighted by Crippen LogP contribution is 2.16. The standard InChI is InChI=1S/C9H6ClFN4O/c1-15-7(16)2-6(14-9(15)10)8-5(11)3-12-4-13-8/h2-4H,1H3. The smallest absolute Gasteiger partial charge is 0.254 e. The zero-order valence-corrected chi connectivity index (χ0v) is 8.94. The quantitative estimate of drug-likeness (QED) is 0.699. The lowest BCUT2D eigenvalue weighted by atomic mass is 10.3. The summed E-state index contributed by atoms with van der Waals surface area (Å²) in [5.41, 5.74) is -0.337. The minimum absolute atomic E-state index is 0.0273. The number of hydrogen-bond acceptors (Lipinski definition) is 4. The van der Waals surface area contributed by atoms with Crippen LogP contribution in [0.1, 0.15) is 0 Å². The van der Waals surface area contributed by atoms with Gasteiger partial charge in [0, 0.05) is 13.1 Å². The Bertz CT molecular complexity index is 598. The molecule has 2 aromatic rings. The molecule has 0 aliphatic carbocycles. The summed E-state index contributed by atoms with van der Waals surface area (Å²) < 4.78 is 14.5. The number of halogens is 2. The minimum atomic E-state index is -0.653. The number of rotatable bonds is 1. The molecule has 0 spiro atoms. The van der Waals surface area contributed by atoms with Crippen molar-refractivity contribution in [3.05, 3.63) is 40.0 Å². The van der Waals surface area contributed by atoms with Gasteiger partial charge in [-0.2, -0.15) is 0 Å². The first kappa shape index (κ1) is 10.7. The van der Waals surface area contributed by atoms with Crippen LogP contribution in [0.2, 0.25) is 5.28 Å². The Hall–Kier alpha value is -1.82. The summed E-state index contributed by atoms with van der Waals surface area (Å²) in [5, 5.41) is -0.0273. The summed E-state index contributed by atoms with van der Waals surface area (Å²) in [4.78, 5) is 22.5. The van der Waals surface area contributed by atoms with Crippen LogP contribution in [0.4, 0.5) is 4.39 Å². The molecule has 0 atom stereocenters. The molecule has 16 heavy (non-hydrogen) atoms. The van der Waals surface area contributed by atoms with E-state index >= 15 is 0 Å². The average molecular weight is 241 g/mol. The largest absolute Gasteiger partial charge is 0.286 e. The molecular formula is C9H6ClFN4O. The van der Waals surface area contributed by atoms with Crippen molar-refractivity contribution in [1.29, 1.82) is 0 Å². The van der Waals surface area contributed by atoms with Gasteiger partial charge < -0.3 is 0 Å². The summed E-state index contributed by atoms with van der Waals surface area (Å²) in [6, 6.07) is 1.16. The van der Waals surface area contributed by atoms with Gasteiger partial charge in [0.1, 0.15) is 17.7 Å². The van der Waals surface area contributed by atoms with Crippen LogP contribution >= 0.6 is 11.6 Å². The molecule has 0 bridgehead atoms. The van der Waals surface area contributed by atoms with E-state index in [0.29, 0.717) is 0 Å². The van der Waals surface area contributed by atoms with E-state index in [1.54, 1.807) is 0 Å². The van der Waals surface area contributed by atoms with E-state index in [0.717, 1.165) is 16.8 Å². The molecule has 2 rings (SSSR count). The van der Waals surface area contributed by atoms with Gasteiger partial charge in [-0.25, -0.2) is 19.3 Å². The Labute approximate surface area is 94.6 Å². The lowest BCUT2D eigenvalue weighted by Gasteiger charge is -2.03. The minimum Gasteiger partial charge on any atom is -0.286 e. The van der Waals surface area contributed by atoms with Crippen molar-refractivity contribution in [3.63, 3.8) is 0 Å². The lowest BCUT2D eigenvalue weighted by molar-refractivity contribution is 0.616. The zero-order valence-electron chi connectivity index (χ0n) is 8.19. The third kappa shape index (κ3) is 1.79. The van der Waals surface area contributed by atoms with Crippen molar-refractivity contribution in [2.75, 3.05) is 0 Å². The van der Waals surface area contributed by atoms with Gasteiger partial charge in [0.2, 0.25) is 5.28 Å². The zero-order chi connectivity index (χ0) is 11.7. The van der Waals surface area contributed by atoms with Crippen molar-refractivity contribution in [2.24, 2.45) is 7.05 Å². The molecule has 2 heterocycles. The van der Waals surface area contributed by atoms with Gasteiger partial charge in [-0.1, -0.05) is 0 Å². The topological polar surface area (TPSA) is 60.7 Å². The molecule has 2 aromatic heterocycles. The molecule has 5 nitrogen and oxygen atoms in total. The second kappa shape index (κ2) is 3.97. The van der Waals surface area contributed by atoms with E-state index < -0.39 is 5.82 Å². The summed E-state index contributed by atoms with van der Waals surface area (Å²) in [5.74, 6) is -0.653. The van der Waals surface area contributed by atoms with Gasteiger partial charge in [0.15, 0.2) is 5.82 Å². The lowest BCUT2D eigenvalue weighted by Crippen LogP contribution is -2.18. The fraction of sp³-hybridized carbons (Fsp3) is 0.111. The van der Waals surface area contributed by atoms with Crippen LogP contribution in [0.25, 0.3) is 11.4 Å². The van der Waals surface area contributed by atoms with Crippen LogP contribution in [0, 0.1) is 5.82 Å². The fourth-order valence-corrected chi connectivity index (χ4v) is 1.31. The third-order valence-electron chi connectivity index (χ3n) is 1.99. The molecule has 0 saturated heterocycles. The molecular weight excluding hydrogens is 235 g/mol. The van der Waals surface area contributed by atoms with Crippen LogP contribution in [0.5, 0.6) is 0 Å². The van der Waals surface area contributed by atoms with Crippen molar-refractivity contribution < 1.29 is 4.39 Å². The Morgan fingerprint density at radius 1 is 1.50 bits per heavy atom. The van der Waals surface area contributed by atoms with E-state index in [1.165, 1.54) is 13.4 Å². The third-order valence-corrected chi connectivity index (χ3v) is 2.33. The van der Waals surface area contributed by atoms with Gasteiger partial charge in [0.05, 0.1) is 6.20 Å². The van der Waals surface area contributed by atoms with Crippen molar-refractivity contribution in [1.82, 2.24) is 19.5 Å². The number of aromatic nitrogens is 4. The Balaban J connectivity index is 2.67. The van der Waals surface area contributed by atoms with E-state index in [1.807, 2.05) is 0 Å². The first-order chi connectivity index (χ1) is 7.59. The highest BCUT2D eigenvalue weighted by Gasteiger charge is 2.11. The van der Waals surface area contributed by atoms with Gasteiger partial charge >= 0.3 is 0 Å². The molecule has 7 heteroatoms. The second-order valence-electron chi connectivity index (χ2n) is 3.03. The predicted octanol–water partition coefficient (Wildman–Crippen LogP) is 1.03. The van der Waals surface area contributed by atoms with Crippen LogP contribution < -0.4 is 5.56 Å². The maximum atomic E-state index is 13.3. The Kier molecular flexibility index (Phi) is 2.66. The van der Waals surface area contributed by atoms with Gasteiger partial charge in [-0.3, -0.25) is 9.36 Å². The van der Waals surface area contributed by atoms with Crippen molar-refractivity contribution in [2.45, 2.75) is 0 Å². The molecule has 0 aliphatic rings. The molecule has 0 aliphatic heterocycles. The van der Waals surface area contributed by atoms with Crippen molar-refractivity contribution >= 4 is 11.6 Å². The summed E-state index contributed by atoms with van der Waals surface area (Å²) in [6.45, 7) is 0. The maximum Gasteiger partial charge on any atom is 0.254 e. The number of nitrogens with zero attached hydrogens (tertiary/aromatic N) is 4. The summed E-state index contributed by atoms with van der Waals surface area (Å²) in [7, 11) is 1.47. The molecule has 82 valence electrons. The van der Waals surface area contributed by atoms with Gasteiger partial charge in [-0.15, -0.1) is 0 Å². The molecule has 0 N–H and O–H groups in total. The fourth-order valence-electron chi connectivity index (χ4n) is 1.13. The van der Waals surface area contributed by atoms with Gasteiger partial charge in [-0.05, 0) is 11.6 Å². The van der Waals surface area contributed by atoms with Crippen LogP contribution in [-0.2, 0) is 7.05 Å². The molecule has 0 fully saturated rings. The normalized spacial score (nSPS) is 10.4. The van der Waals surface area contributed by atoms with E-state index in [2.05, 4.69) is 15.0 Å². The maximum absolute atomic E-state index is 13.3. The average Bonchev–Trinajstić information content (AvgIpc) is 2.26. The molecule has 0 radical (unpaired) electrons. The first-order valence-electron chi connectivity index (χ1n) is 4.29. The van der Waals surface area contributed by atoms with Crippen LogP contribution in [0.3, 0.4) is 0 Å². The molecule has 0 saturated carbocycles. The van der Waals surface area contributed by atoms with Crippen LogP contribution in [-0.4, -0.2) is 19.5 Å². The van der Waals surface area contributed by atoms with E-state index in [4.69, 9.17) is 11.6 Å². The Morgan fingerprint density at radius 3 is 2.88 bits per heavy atom. The van der Waals surface area contributed by atoms with Crippen LogP contribution in [0.15, 0.2) is 23.4 Å². The molecule has 0 aromatic carbocycles. The molecule has 0 amide bonds. The van der Waals surface area contributed by atoms with E-state index in [9.17, 15) is 9.18 Å². The Morgan fingerprint density at radius 2 is 2.25 bits per heavy atom. The second-order valence-corrected chi connectivity index (χ2v) is 3.37. The summed E-state index contributed by atoms with van der Waals surface area (Å²) in [6.07, 6.45) is 2.17. The highest BCUT2D eigenvalue weighted by molar-refractivity contribution is 6.28. The SMILES string of the molecule is Cn1c(Cl)nc(-c2ncncc2F)cc1=O. The van der Waals surface area contributed by atoms with E-state index in [-0.39, 0.29) is 22.2 Å². The predicted molar refractivity (Wildman–Crippen MR) is 55.5 cm³/mol. The number of hydrogen-bond donors (Lipinski definition) is 0. The van der Waals surface area contributed by atoms with Crippen molar-refractivity contribution in [3.8, 4) is 11.4 Å². The van der Waals surface area contributed by atoms with Gasteiger partial charge in [0.25, 0.3) is 5.56 Å². The summed E-state index contributed by atoms with van der Waals surface area (Å²) >= 11 is 5.71. The highest BCUT2D eigenvalue weighted by atomic mass is 35.5.